The number of ketones is 1. The number of alkyl halides is 3. The highest BCUT2D eigenvalue weighted by Gasteiger charge is 2.47. The Morgan fingerprint density at radius 1 is 1.36 bits per heavy atom. The van der Waals surface area contributed by atoms with Gasteiger partial charge in [-0.1, -0.05) is 19.9 Å². The number of hydrogen-bond donors (Lipinski definition) is 2. The molecule has 0 bridgehead atoms. The minimum absolute atomic E-state index is 0.0277. The molecule has 4 nitrogen and oxygen atoms in total. The number of carboxylic acids is 1. The number of hydrogen-bond acceptors (Lipinski definition) is 3. The first-order chi connectivity index (χ1) is 9.79. The number of carboxylic acid groups (broad SMARTS) is 1. The molecule has 7 heteroatoms. The minimum Gasteiger partial charge on any atom is -0.478 e. The van der Waals surface area contributed by atoms with Crippen LogP contribution in [0.25, 0.3) is 0 Å². The first-order valence-electron chi connectivity index (χ1n) is 6.44. The molecule has 0 amide bonds. The molecule has 0 saturated heterocycles. The maximum Gasteiger partial charge on any atom is 0.416 e. The monoisotopic (exact) mass is 318 g/mol. The number of rotatable bonds is 3. The number of aliphatic carboxylic acids is 1. The number of allylic oxidation sites excluding steroid dienone is 3. The lowest BCUT2D eigenvalue weighted by Crippen LogP contribution is -2.48. The van der Waals surface area contributed by atoms with E-state index < -0.39 is 28.7 Å². The van der Waals surface area contributed by atoms with Crippen LogP contribution in [0.5, 0.6) is 0 Å². The van der Waals surface area contributed by atoms with Crippen molar-refractivity contribution < 1.29 is 33.0 Å². The molecule has 0 saturated carbocycles. The topological polar surface area (TPSA) is 74.6 Å². The quantitative estimate of drug-likeness (QED) is 0.620. The van der Waals surface area contributed by atoms with Crippen LogP contribution in [0, 0.1) is 5.41 Å². The molecule has 1 aliphatic carbocycles. The average molecular weight is 318 g/mol. The van der Waals surface area contributed by atoms with Crippen molar-refractivity contribution in [1.29, 1.82) is 0 Å². The van der Waals surface area contributed by atoms with Gasteiger partial charge < -0.3 is 10.2 Å². The van der Waals surface area contributed by atoms with Crippen molar-refractivity contribution in [3.8, 4) is 0 Å². The fraction of sp³-hybridized carbons (Fsp3) is 0.467. The summed E-state index contributed by atoms with van der Waals surface area (Å²) in [7, 11) is 0. The van der Waals surface area contributed by atoms with E-state index in [0.717, 1.165) is 6.08 Å². The van der Waals surface area contributed by atoms with Gasteiger partial charge >= 0.3 is 12.1 Å². The van der Waals surface area contributed by atoms with Gasteiger partial charge in [-0.05, 0) is 24.6 Å². The van der Waals surface area contributed by atoms with Gasteiger partial charge in [-0.15, -0.1) is 0 Å². The maximum atomic E-state index is 12.8. The Bertz CT molecular complexity index is 582. The summed E-state index contributed by atoms with van der Waals surface area (Å²) in [6, 6.07) is 0. The van der Waals surface area contributed by atoms with E-state index in [1.165, 1.54) is 13.0 Å². The number of halogens is 3. The van der Waals surface area contributed by atoms with Crippen LogP contribution in [-0.4, -0.2) is 33.7 Å². The lowest BCUT2D eigenvalue weighted by molar-refractivity contribution is -0.132. The summed E-state index contributed by atoms with van der Waals surface area (Å²) in [5.74, 6) is -1.97. The largest absolute Gasteiger partial charge is 0.478 e. The average Bonchev–Trinajstić information content (AvgIpc) is 2.29. The van der Waals surface area contributed by atoms with Gasteiger partial charge in [0, 0.05) is 17.9 Å². The number of aliphatic hydroxyl groups is 1. The second-order valence-electron chi connectivity index (χ2n) is 5.89. The van der Waals surface area contributed by atoms with Crippen LogP contribution >= 0.6 is 0 Å². The molecule has 0 aliphatic heterocycles. The van der Waals surface area contributed by atoms with Crippen molar-refractivity contribution in [1.82, 2.24) is 0 Å². The Balaban J connectivity index is 3.32. The van der Waals surface area contributed by atoms with Crippen LogP contribution in [0.15, 0.2) is 35.5 Å². The molecule has 0 radical (unpaired) electrons. The summed E-state index contributed by atoms with van der Waals surface area (Å²) in [5.41, 5.74) is -3.97. The van der Waals surface area contributed by atoms with Gasteiger partial charge in [0.1, 0.15) is 5.60 Å². The maximum absolute atomic E-state index is 12.8. The highest BCUT2D eigenvalue weighted by atomic mass is 19.4. The van der Waals surface area contributed by atoms with Gasteiger partial charge in [0.2, 0.25) is 0 Å². The lowest BCUT2D eigenvalue weighted by Gasteiger charge is -2.44. The van der Waals surface area contributed by atoms with Crippen molar-refractivity contribution in [2.75, 3.05) is 0 Å². The molecule has 0 aromatic rings. The summed E-state index contributed by atoms with van der Waals surface area (Å²) in [6.45, 7) is 4.55. The molecule has 1 unspecified atom stereocenters. The molecule has 0 heterocycles. The first kappa shape index (κ1) is 18.2. The van der Waals surface area contributed by atoms with E-state index in [2.05, 4.69) is 0 Å². The number of carbonyl (C=O) groups is 2. The smallest absolute Gasteiger partial charge is 0.416 e. The molecule has 0 fully saturated rings. The molecule has 0 aromatic carbocycles. The zero-order chi connectivity index (χ0) is 17.3. The summed E-state index contributed by atoms with van der Waals surface area (Å²) >= 11 is 0. The van der Waals surface area contributed by atoms with Crippen LogP contribution in [-0.2, 0) is 9.59 Å². The van der Waals surface area contributed by atoms with Gasteiger partial charge in [-0.3, -0.25) is 4.79 Å². The fourth-order valence-electron chi connectivity index (χ4n) is 2.43. The van der Waals surface area contributed by atoms with Crippen LogP contribution in [0.4, 0.5) is 13.2 Å². The van der Waals surface area contributed by atoms with Crippen LogP contribution in [0.2, 0.25) is 0 Å². The molecule has 2 N–H and O–H groups in total. The van der Waals surface area contributed by atoms with Gasteiger partial charge in [0.25, 0.3) is 0 Å². The van der Waals surface area contributed by atoms with Crippen LogP contribution in [0.3, 0.4) is 0 Å². The Labute approximate surface area is 125 Å². The fourth-order valence-corrected chi connectivity index (χ4v) is 2.43. The molecule has 1 atom stereocenters. The molecular weight excluding hydrogens is 301 g/mol. The molecule has 22 heavy (non-hydrogen) atoms. The van der Waals surface area contributed by atoms with E-state index in [4.69, 9.17) is 5.11 Å². The normalized spacial score (nSPS) is 26.2. The second kappa shape index (κ2) is 5.72. The van der Waals surface area contributed by atoms with Crippen molar-refractivity contribution in [3.05, 3.63) is 35.5 Å². The molecular formula is C15H17F3O4. The second-order valence-corrected chi connectivity index (χ2v) is 5.89. The van der Waals surface area contributed by atoms with E-state index in [0.29, 0.717) is 6.08 Å². The Morgan fingerprint density at radius 2 is 1.91 bits per heavy atom. The molecule has 1 aliphatic rings. The highest BCUT2D eigenvalue weighted by Crippen LogP contribution is 2.44. The SMILES string of the molecule is CC1=CC(=O)CC(C)(C)C1(O)/C=C/C(=C\C(=O)O)C(F)(F)F. The van der Waals surface area contributed by atoms with Crippen molar-refractivity contribution >= 4 is 11.8 Å². The van der Waals surface area contributed by atoms with Gasteiger partial charge in [-0.25, -0.2) is 4.79 Å². The van der Waals surface area contributed by atoms with E-state index in [1.807, 2.05) is 0 Å². The van der Waals surface area contributed by atoms with Crippen LogP contribution < -0.4 is 0 Å². The lowest BCUT2D eigenvalue weighted by atomic mass is 9.64. The van der Waals surface area contributed by atoms with E-state index in [-0.39, 0.29) is 23.9 Å². The summed E-state index contributed by atoms with van der Waals surface area (Å²) < 4.78 is 38.3. The Hall–Kier alpha value is -1.89. The van der Waals surface area contributed by atoms with Gasteiger partial charge in [0.05, 0.1) is 5.57 Å². The van der Waals surface area contributed by atoms with Crippen molar-refractivity contribution in [3.63, 3.8) is 0 Å². The van der Waals surface area contributed by atoms with E-state index in [9.17, 15) is 27.9 Å². The van der Waals surface area contributed by atoms with Crippen molar-refractivity contribution in [2.24, 2.45) is 5.41 Å². The van der Waals surface area contributed by atoms with E-state index in [1.54, 1.807) is 13.8 Å². The number of carbonyl (C=O) groups excluding carboxylic acids is 1. The molecule has 0 spiro atoms. The predicted octanol–water partition coefficient (Wildman–Crippen LogP) is 2.79. The van der Waals surface area contributed by atoms with E-state index >= 15 is 0 Å². The summed E-state index contributed by atoms with van der Waals surface area (Å²) in [5, 5.41) is 19.2. The zero-order valence-corrected chi connectivity index (χ0v) is 12.4. The third kappa shape index (κ3) is 3.65. The molecule has 0 aromatic heterocycles. The molecule has 122 valence electrons. The third-order valence-corrected chi connectivity index (χ3v) is 3.74. The predicted molar refractivity (Wildman–Crippen MR) is 73.0 cm³/mol. The zero-order valence-electron chi connectivity index (χ0n) is 12.4. The van der Waals surface area contributed by atoms with Gasteiger partial charge in [0.15, 0.2) is 5.78 Å². The standard InChI is InChI=1S/C15H17F3O4/c1-9-6-11(19)8-13(2,3)14(9,22)5-4-10(7-12(20)21)15(16,17)18/h4-7,22H,8H2,1-3H3,(H,20,21)/b5-4+,10-7+. The Morgan fingerprint density at radius 3 is 2.32 bits per heavy atom. The highest BCUT2D eigenvalue weighted by molar-refractivity contribution is 5.92. The summed E-state index contributed by atoms with van der Waals surface area (Å²) in [4.78, 5) is 22.0. The first-order valence-corrected chi connectivity index (χ1v) is 6.44. The molecule has 1 rings (SSSR count). The minimum atomic E-state index is -4.86. The Kier molecular flexibility index (Phi) is 4.72. The summed E-state index contributed by atoms with van der Waals surface area (Å²) in [6.07, 6.45) is -2.26. The third-order valence-electron chi connectivity index (χ3n) is 3.74. The van der Waals surface area contributed by atoms with Crippen molar-refractivity contribution in [2.45, 2.75) is 39.0 Å². The van der Waals surface area contributed by atoms with Gasteiger partial charge in [-0.2, -0.15) is 13.2 Å². The van der Waals surface area contributed by atoms with Crippen LogP contribution in [0.1, 0.15) is 27.2 Å².